The Morgan fingerprint density at radius 1 is 1.20 bits per heavy atom. The molecule has 0 saturated heterocycles. The van der Waals surface area contributed by atoms with Crippen LogP contribution in [0.4, 0.5) is 13.2 Å². The Balaban J connectivity index is 1.99. The van der Waals surface area contributed by atoms with Gasteiger partial charge in [-0.25, -0.2) is 4.68 Å². The topological polar surface area (TPSA) is 76.0 Å². The fourth-order valence-electron chi connectivity index (χ4n) is 1.99. The molecule has 10 heteroatoms. The lowest BCUT2D eigenvalue weighted by atomic mass is 10.2. The number of halogens is 4. The summed E-state index contributed by atoms with van der Waals surface area (Å²) in [6, 6.07) is 7.25. The van der Waals surface area contributed by atoms with Gasteiger partial charge in [0.25, 0.3) is 5.91 Å². The molecule has 0 atom stereocenters. The van der Waals surface area contributed by atoms with E-state index in [1.54, 1.807) is 29.1 Å². The van der Waals surface area contributed by atoms with Crippen molar-refractivity contribution in [3.05, 3.63) is 46.2 Å². The van der Waals surface area contributed by atoms with Gasteiger partial charge >= 0.3 is 6.18 Å². The van der Waals surface area contributed by atoms with Crippen molar-refractivity contribution in [1.82, 2.24) is 20.4 Å². The van der Waals surface area contributed by atoms with E-state index in [4.69, 9.17) is 0 Å². The van der Waals surface area contributed by atoms with Crippen molar-refractivity contribution in [2.45, 2.75) is 13.1 Å². The summed E-state index contributed by atoms with van der Waals surface area (Å²) < 4.78 is 38.5. The second-order valence-electron chi connectivity index (χ2n) is 5.11. The van der Waals surface area contributed by atoms with Crippen molar-refractivity contribution < 1.29 is 22.8 Å². The highest BCUT2D eigenvalue weighted by molar-refractivity contribution is 9.10. The van der Waals surface area contributed by atoms with Crippen LogP contribution in [0.25, 0.3) is 5.69 Å². The maximum absolute atomic E-state index is 12.1. The van der Waals surface area contributed by atoms with Gasteiger partial charge in [-0.1, -0.05) is 15.9 Å². The first kappa shape index (κ1) is 19.0. The highest BCUT2D eigenvalue weighted by atomic mass is 79.9. The Hall–Kier alpha value is -2.36. The minimum Gasteiger partial charge on any atom is -0.345 e. The fourth-order valence-corrected chi connectivity index (χ4v) is 2.26. The van der Waals surface area contributed by atoms with E-state index in [2.05, 4.69) is 26.3 Å². The molecule has 2 rings (SSSR count). The molecule has 0 saturated carbocycles. The average Bonchev–Trinajstić information content (AvgIpc) is 2.92. The molecule has 25 heavy (non-hydrogen) atoms. The van der Waals surface area contributed by atoms with E-state index in [-0.39, 0.29) is 5.56 Å². The number of amides is 2. The first-order chi connectivity index (χ1) is 11.7. The van der Waals surface area contributed by atoms with E-state index in [1.165, 1.54) is 6.20 Å². The van der Waals surface area contributed by atoms with Gasteiger partial charge in [-0.2, -0.15) is 18.3 Å². The Morgan fingerprint density at radius 3 is 2.44 bits per heavy atom. The van der Waals surface area contributed by atoms with Crippen molar-refractivity contribution in [2.75, 3.05) is 13.1 Å². The quantitative estimate of drug-likeness (QED) is 0.782. The lowest BCUT2D eigenvalue weighted by Crippen LogP contribution is -2.40. The molecule has 0 radical (unpaired) electrons. The first-order valence-electron chi connectivity index (χ1n) is 7.09. The molecule has 1 aromatic carbocycles. The number of rotatable bonds is 5. The van der Waals surface area contributed by atoms with Crippen LogP contribution in [0.2, 0.25) is 0 Å². The van der Waals surface area contributed by atoms with Crippen molar-refractivity contribution >= 4 is 27.7 Å². The average molecular weight is 419 g/mol. The largest absolute Gasteiger partial charge is 0.405 e. The standard InChI is InChI=1S/C15H14BrF3N4O2/c1-9-12(6-22-23(9)11-4-2-10(16)3-5-11)14(25)20-7-13(24)21-8-15(17,18)19/h2-6H,7-8H2,1H3,(H,20,25)(H,21,24). The summed E-state index contributed by atoms with van der Waals surface area (Å²) >= 11 is 3.32. The van der Waals surface area contributed by atoms with E-state index < -0.39 is 31.1 Å². The summed E-state index contributed by atoms with van der Waals surface area (Å²) in [7, 11) is 0. The van der Waals surface area contributed by atoms with Crippen molar-refractivity contribution in [1.29, 1.82) is 0 Å². The molecule has 2 N–H and O–H groups in total. The zero-order valence-corrected chi connectivity index (χ0v) is 14.6. The van der Waals surface area contributed by atoms with Crippen molar-refractivity contribution in [2.24, 2.45) is 0 Å². The van der Waals surface area contributed by atoms with Gasteiger partial charge < -0.3 is 10.6 Å². The highest BCUT2D eigenvalue weighted by Crippen LogP contribution is 2.17. The molecular formula is C15H14BrF3N4O2. The predicted octanol–water partition coefficient (Wildman–Crippen LogP) is 2.35. The maximum atomic E-state index is 12.1. The van der Waals surface area contributed by atoms with E-state index in [9.17, 15) is 22.8 Å². The minimum atomic E-state index is -4.50. The molecule has 134 valence electrons. The van der Waals surface area contributed by atoms with Crippen LogP contribution in [0.3, 0.4) is 0 Å². The van der Waals surface area contributed by atoms with Gasteiger partial charge in [0.2, 0.25) is 5.91 Å². The van der Waals surface area contributed by atoms with E-state index >= 15 is 0 Å². The van der Waals surface area contributed by atoms with Crippen LogP contribution in [0, 0.1) is 6.92 Å². The van der Waals surface area contributed by atoms with Crippen LogP contribution in [0.5, 0.6) is 0 Å². The summed E-state index contributed by atoms with van der Waals surface area (Å²) in [5, 5.41) is 8.07. The number of hydrogen-bond acceptors (Lipinski definition) is 3. The van der Waals surface area contributed by atoms with E-state index in [0.717, 1.165) is 10.2 Å². The summed E-state index contributed by atoms with van der Waals surface area (Å²) in [5.74, 6) is -1.52. The third-order valence-corrected chi connectivity index (χ3v) is 3.75. The van der Waals surface area contributed by atoms with Crippen molar-refractivity contribution in [3.63, 3.8) is 0 Å². The van der Waals surface area contributed by atoms with Crippen LogP contribution in [0.15, 0.2) is 34.9 Å². The van der Waals surface area contributed by atoms with Crippen LogP contribution in [-0.2, 0) is 4.79 Å². The highest BCUT2D eigenvalue weighted by Gasteiger charge is 2.27. The van der Waals surface area contributed by atoms with Gasteiger partial charge in [0.15, 0.2) is 0 Å². The molecule has 6 nitrogen and oxygen atoms in total. The van der Waals surface area contributed by atoms with Gasteiger partial charge in [0, 0.05) is 4.47 Å². The Labute approximate surface area is 149 Å². The number of hydrogen-bond donors (Lipinski definition) is 2. The summed E-state index contributed by atoms with van der Waals surface area (Å²) in [5.41, 5.74) is 1.50. The van der Waals surface area contributed by atoms with E-state index in [1.807, 2.05) is 12.1 Å². The van der Waals surface area contributed by atoms with Crippen molar-refractivity contribution in [3.8, 4) is 5.69 Å². The molecule has 2 aromatic rings. The summed E-state index contributed by atoms with van der Waals surface area (Å²) in [6.45, 7) is -0.326. The van der Waals surface area contributed by atoms with Crippen LogP contribution >= 0.6 is 15.9 Å². The number of nitrogens with zero attached hydrogens (tertiary/aromatic N) is 2. The molecule has 0 bridgehead atoms. The molecule has 0 unspecified atom stereocenters. The maximum Gasteiger partial charge on any atom is 0.405 e. The Morgan fingerprint density at radius 2 is 1.84 bits per heavy atom. The first-order valence-corrected chi connectivity index (χ1v) is 7.89. The second kappa shape index (κ2) is 7.68. The molecule has 0 fully saturated rings. The lowest BCUT2D eigenvalue weighted by Gasteiger charge is -2.09. The third kappa shape index (κ3) is 5.31. The normalized spacial score (nSPS) is 11.2. The SMILES string of the molecule is Cc1c(C(=O)NCC(=O)NCC(F)(F)F)cnn1-c1ccc(Br)cc1. The van der Waals surface area contributed by atoms with Crippen LogP contribution in [0.1, 0.15) is 16.1 Å². The van der Waals surface area contributed by atoms with Gasteiger partial charge in [-0.3, -0.25) is 9.59 Å². The molecule has 0 aliphatic rings. The number of alkyl halides is 3. The number of carbonyl (C=O) groups is 2. The number of carbonyl (C=O) groups excluding carboxylic acids is 2. The molecule has 1 aromatic heterocycles. The number of nitrogens with one attached hydrogen (secondary N) is 2. The zero-order valence-electron chi connectivity index (χ0n) is 13.0. The second-order valence-corrected chi connectivity index (χ2v) is 6.02. The number of aromatic nitrogens is 2. The third-order valence-electron chi connectivity index (χ3n) is 3.22. The van der Waals surface area contributed by atoms with Gasteiger partial charge in [-0.15, -0.1) is 0 Å². The Kier molecular flexibility index (Phi) is 5.83. The van der Waals surface area contributed by atoms with Gasteiger partial charge in [-0.05, 0) is 31.2 Å². The fraction of sp³-hybridized carbons (Fsp3) is 0.267. The molecule has 0 aliphatic carbocycles. The molecule has 1 heterocycles. The van der Waals surface area contributed by atoms with Gasteiger partial charge in [0.1, 0.15) is 6.54 Å². The molecular weight excluding hydrogens is 405 g/mol. The summed E-state index contributed by atoms with van der Waals surface area (Å²) in [6.07, 6.45) is -3.16. The number of benzene rings is 1. The molecule has 0 spiro atoms. The van der Waals surface area contributed by atoms with Crippen LogP contribution < -0.4 is 10.6 Å². The van der Waals surface area contributed by atoms with E-state index in [0.29, 0.717) is 5.69 Å². The zero-order chi connectivity index (χ0) is 18.6. The lowest BCUT2D eigenvalue weighted by molar-refractivity contribution is -0.137. The van der Waals surface area contributed by atoms with Crippen LogP contribution in [-0.4, -0.2) is 40.9 Å². The Bertz CT molecular complexity index is 772. The molecule has 0 aliphatic heterocycles. The monoisotopic (exact) mass is 418 g/mol. The minimum absolute atomic E-state index is 0.228. The predicted molar refractivity (Wildman–Crippen MR) is 87.4 cm³/mol. The smallest absolute Gasteiger partial charge is 0.345 e. The molecule has 2 amide bonds. The summed E-state index contributed by atoms with van der Waals surface area (Å²) in [4.78, 5) is 23.4. The van der Waals surface area contributed by atoms with Gasteiger partial charge in [0.05, 0.1) is 29.7 Å².